The maximum Gasteiger partial charge on any atom is 0.374 e. The smallest absolute Gasteiger partial charge is 0.374 e. The maximum atomic E-state index is 12.9. The van der Waals surface area contributed by atoms with Gasteiger partial charge in [0.1, 0.15) is 5.75 Å². The van der Waals surface area contributed by atoms with Crippen LogP contribution < -0.4 is 14.8 Å². The van der Waals surface area contributed by atoms with Crippen LogP contribution in [0.25, 0.3) is 0 Å². The number of anilines is 1. The summed E-state index contributed by atoms with van der Waals surface area (Å²) in [6.45, 7) is 10.6. The van der Waals surface area contributed by atoms with Crippen molar-refractivity contribution in [2.75, 3.05) is 25.1 Å². The summed E-state index contributed by atoms with van der Waals surface area (Å²) < 4.78 is 21.8. The molecule has 8 heteroatoms. The molecule has 0 aliphatic rings. The van der Waals surface area contributed by atoms with Gasteiger partial charge in [-0.2, -0.15) is 0 Å². The zero-order valence-corrected chi connectivity index (χ0v) is 22.2. The molecule has 0 fully saturated rings. The molecule has 0 atom stereocenters. The lowest BCUT2D eigenvalue weighted by Gasteiger charge is -2.15. The molecule has 37 heavy (non-hydrogen) atoms. The zero-order valence-electron chi connectivity index (χ0n) is 22.2. The lowest BCUT2D eigenvalue weighted by Crippen LogP contribution is -2.19. The predicted molar refractivity (Wildman–Crippen MR) is 142 cm³/mol. The Labute approximate surface area is 218 Å². The number of ether oxygens (including phenoxy) is 4. The van der Waals surface area contributed by atoms with Crippen molar-refractivity contribution in [3.63, 3.8) is 0 Å². The Kier molecular flexibility index (Phi) is 12.2. The van der Waals surface area contributed by atoms with Crippen LogP contribution in [0, 0.1) is 11.8 Å². The van der Waals surface area contributed by atoms with E-state index in [2.05, 4.69) is 12.2 Å². The number of esters is 2. The summed E-state index contributed by atoms with van der Waals surface area (Å²) in [6.07, 6.45) is 2.95. The molecule has 0 aliphatic carbocycles. The summed E-state index contributed by atoms with van der Waals surface area (Å²) in [6, 6.07) is 13.4. The number of unbranched alkanes of at least 4 members (excludes halogenated alkanes) is 1. The van der Waals surface area contributed by atoms with Crippen molar-refractivity contribution in [2.24, 2.45) is 11.8 Å². The number of carbonyl (C=O) groups is 3. The highest BCUT2D eigenvalue weighted by molar-refractivity contribution is 6.05. The van der Waals surface area contributed by atoms with Crippen LogP contribution in [0.15, 0.2) is 60.4 Å². The first-order valence-electron chi connectivity index (χ1n) is 12.6. The summed E-state index contributed by atoms with van der Waals surface area (Å²) in [7, 11) is 0. The van der Waals surface area contributed by atoms with Crippen molar-refractivity contribution in [1.29, 1.82) is 0 Å². The molecule has 1 N–H and O–H groups in total. The van der Waals surface area contributed by atoms with Crippen molar-refractivity contribution in [3.05, 3.63) is 65.9 Å². The maximum absolute atomic E-state index is 12.9. The third-order valence-corrected chi connectivity index (χ3v) is 4.80. The molecule has 0 heterocycles. The number of benzene rings is 2. The lowest BCUT2D eigenvalue weighted by atomic mass is 10.2. The number of nitrogens with one attached hydrogen (secondary N) is 1. The van der Waals surface area contributed by atoms with Gasteiger partial charge in [0, 0.05) is 5.56 Å². The summed E-state index contributed by atoms with van der Waals surface area (Å²) >= 11 is 0. The highest BCUT2D eigenvalue weighted by Crippen LogP contribution is 2.27. The summed E-state index contributed by atoms with van der Waals surface area (Å²) in [5.74, 6) is -1.18. The summed E-state index contributed by atoms with van der Waals surface area (Å²) in [5.41, 5.74) is 0.732. The van der Waals surface area contributed by atoms with E-state index < -0.39 is 11.9 Å². The van der Waals surface area contributed by atoms with Crippen LogP contribution in [0.1, 0.15) is 57.8 Å². The van der Waals surface area contributed by atoms with E-state index >= 15 is 0 Å². The first-order valence-corrected chi connectivity index (χ1v) is 12.6. The molecule has 0 radical (unpaired) electrons. The van der Waals surface area contributed by atoms with Crippen molar-refractivity contribution >= 4 is 23.5 Å². The SMILES string of the molecule is CCCCOc1ccc(C(=O)Nc2ccccc2O/C(=C\C(=O)OCC(C)C)C(=O)OCC(C)C)cc1. The number of hydrogen-bond donors (Lipinski definition) is 1. The zero-order chi connectivity index (χ0) is 27.2. The van der Waals surface area contributed by atoms with Crippen LogP contribution in [0.5, 0.6) is 11.5 Å². The average molecular weight is 512 g/mol. The standard InChI is InChI=1S/C29H37NO7/c1-6-7-16-34-23-14-12-22(13-15-23)28(32)30-24-10-8-9-11-25(24)37-26(29(33)36-19-21(4)5)17-27(31)35-18-20(2)3/h8-15,17,20-21H,6-7,16,18-19H2,1-5H3,(H,30,32)/b26-17-. The molecule has 200 valence electrons. The van der Waals surface area contributed by atoms with Crippen molar-refractivity contribution in [3.8, 4) is 11.5 Å². The van der Waals surface area contributed by atoms with Gasteiger partial charge in [-0.15, -0.1) is 0 Å². The fraction of sp³-hybridized carbons (Fsp3) is 0.414. The van der Waals surface area contributed by atoms with Gasteiger partial charge in [0.25, 0.3) is 5.91 Å². The second kappa shape index (κ2) is 15.3. The highest BCUT2D eigenvalue weighted by atomic mass is 16.6. The van der Waals surface area contributed by atoms with Crippen LogP contribution in [0.2, 0.25) is 0 Å². The number of carbonyl (C=O) groups excluding carboxylic acids is 3. The van der Waals surface area contributed by atoms with Crippen LogP contribution in [-0.2, 0) is 19.1 Å². The molecule has 0 bridgehead atoms. The third kappa shape index (κ3) is 10.8. The largest absolute Gasteiger partial charge is 0.494 e. The number of para-hydroxylation sites is 2. The quantitative estimate of drug-likeness (QED) is 0.149. The molecular formula is C29H37NO7. The van der Waals surface area contributed by atoms with E-state index in [9.17, 15) is 14.4 Å². The Hall–Kier alpha value is -3.81. The van der Waals surface area contributed by atoms with Gasteiger partial charge in [0.05, 0.1) is 31.6 Å². The Morgan fingerprint density at radius 1 is 0.892 bits per heavy atom. The van der Waals surface area contributed by atoms with E-state index in [0.29, 0.717) is 23.6 Å². The fourth-order valence-electron chi connectivity index (χ4n) is 2.85. The molecule has 2 rings (SSSR count). The average Bonchev–Trinajstić information content (AvgIpc) is 2.87. The van der Waals surface area contributed by atoms with E-state index in [1.54, 1.807) is 48.5 Å². The molecule has 0 saturated carbocycles. The molecular weight excluding hydrogens is 474 g/mol. The molecule has 0 aromatic heterocycles. The highest BCUT2D eigenvalue weighted by Gasteiger charge is 2.20. The van der Waals surface area contributed by atoms with E-state index in [1.807, 2.05) is 27.7 Å². The van der Waals surface area contributed by atoms with E-state index in [0.717, 1.165) is 18.9 Å². The van der Waals surface area contributed by atoms with E-state index in [4.69, 9.17) is 18.9 Å². The van der Waals surface area contributed by atoms with Crippen LogP contribution in [0.4, 0.5) is 5.69 Å². The molecule has 8 nitrogen and oxygen atoms in total. The Balaban J connectivity index is 2.19. The van der Waals surface area contributed by atoms with Gasteiger partial charge < -0.3 is 24.3 Å². The topological polar surface area (TPSA) is 100 Å². The van der Waals surface area contributed by atoms with Gasteiger partial charge in [0.2, 0.25) is 5.76 Å². The van der Waals surface area contributed by atoms with Gasteiger partial charge in [-0.3, -0.25) is 4.79 Å². The van der Waals surface area contributed by atoms with Crippen LogP contribution >= 0.6 is 0 Å². The number of rotatable bonds is 14. The van der Waals surface area contributed by atoms with Gasteiger partial charge in [-0.1, -0.05) is 53.2 Å². The van der Waals surface area contributed by atoms with Crippen molar-refractivity contribution < 1.29 is 33.3 Å². The van der Waals surface area contributed by atoms with Gasteiger partial charge in [0.15, 0.2) is 5.75 Å². The van der Waals surface area contributed by atoms with E-state index in [-0.39, 0.29) is 42.5 Å². The Morgan fingerprint density at radius 2 is 1.54 bits per heavy atom. The molecule has 0 spiro atoms. The first-order chi connectivity index (χ1) is 17.7. The van der Waals surface area contributed by atoms with Crippen LogP contribution in [-0.4, -0.2) is 37.7 Å². The molecule has 0 aliphatic heterocycles. The molecule has 0 saturated heterocycles. The van der Waals surface area contributed by atoms with Crippen molar-refractivity contribution in [2.45, 2.75) is 47.5 Å². The minimum atomic E-state index is -0.810. The molecule has 1 amide bonds. The molecule has 2 aromatic carbocycles. The minimum absolute atomic E-state index is 0.0908. The Bertz CT molecular complexity index is 1060. The molecule has 0 unspecified atom stereocenters. The fourth-order valence-corrected chi connectivity index (χ4v) is 2.85. The predicted octanol–water partition coefficient (Wildman–Crippen LogP) is 5.78. The minimum Gasteiger partial charge on any atom is -0.494 e. The second-order valence-electron chi connectivity index (χ2n) is 9.30. The normalized spacial score (nSPS) is 11.3. The van der Waals surface area contributed by atoms with Crippen molar-refractivity contribution in [1.82, 2.24) is 0 Å². The molecule has 2 aromatic rings. The van der Waals surface area contributed by atoms with Gasteiger partial charge in [-0.25, -0.2) is 9.59 Å². The van der Waals surface area contributed by atoms with Gasteiger partial charge in [-0.05, 0) is 54.7 Å². The number of hydrogen-bond acceptors (Lipinski definition) is 7. The van der Waals surface area contributed by atoms with Gasteiger partial charge >= 0.3 is 11.9 Å². The monoisotopic (exact) mass is 511 g/mol. The lowest BCUT2D eigenvalue weighted by molar-refractivity contribution is -0.144. The second-order valence-corrected chi connectivity index (χ2v) is 9.30. The summed E-state index contributed by atoms with van der Waals surface area (Å²) in [5, 5.41) is 2.79. The van der Waals surface area contributed by atoms with E-state index in [1.165, 1.54) is 0 Å². The Morgan fingerprint density at radius 3 is 2.19 bits per heavy atom. The summed E-state index contributed by atoms with van der Waals surface area (Å²) in [4.78, 5) is 37.8. The third-order valence-electron chi connectivity index (χ3n) is 4.80. The number of amides is 1. The first kappa shape index (κ1) is 29.4. The van der Waals surface area contributed by atoms with Crippen LogP contribution in [0.3, 0.4) is 0 Å².